The van der Waals surface area contributed by atoms with Crippen molar-refractivity contribution in [2.24, 2.45) is 0 Å². The smallest absolute Gasteiger partial charge is 0.331 e. The van der Waals surface area contributed by atoms with E-state index in [1.54, 1.807) is 6.92 Å². The standard InChI is InChI=1S/C13H17FN2O4/c1-4-7-13(2,12(17)20-3)15-10-8-9(14)5-6-11(10)16(18)19/h5-6,8,15H,4,7H2,1-3H3. The molecule has 0 aliphatic carbocycles. The van der Waals surface area contributed by atoms with Gasteiger partial charge in [0.15, 0.2) is 0 Å². The summed E-state index contributed by atoms with van der Waals surface area (Å²) in [5.41, 5.74) is -1.49. The first-order chi connectivity index (χ1) is 9.34. The third kappa shape index (κ3) is 3.43. The number of hydrogen-bond acceptors (Lipinski definition) is 5. The van der Waals surface area contributed by atoms with Gasteiger partial charge in [-0.1, -0.05) is 13.3 Å². The Bertz CT molecular complexity index is 521. The van der Waals surface area contributed by atoms with Gasteiger partial charge in [0, 0.05) is 12.1 Å². The number of hydrogen-bond donors (Lipinski definition) is 1. The van der Waals surface area contributed by atoms with Crippen molar-refractivity contribution in [2.45, 2.75) is 32.2 Å². The largest absolute Gasteiger partial charge is 0.467 e. The van der Waals surface area contributed by atoms with Crippen LogP contribution in [0.3, 0.4) is 0 Å². The number of carbonyl (C=O) groups excluding carboxylic acids is 1. The number of anilines is 1. The molecule has 0 spiro atoms. The zero-order chi connectivity index (χ0) is 15.3. The second-order valence-electron chi connectivity index (χ2n) is 4.62. The Hall–Kier alpha value is -2.18. The van der Waals surface area contributed by atoms with E-state index >= 15 is 0 Å². The summed E-state index contributed by atoms with van der Waals surface area (Å²) in [5, 5.41) is 13.7. The van der Waals surface area contributed by atoms with Gasteiger partial charge in [-0.25, -0.2) is 9.18 Å². The van der Waals surface area contributed by atoms with Crippen molar-refractivity contribution in [1.29, 1.82) is 0 Å². The Balaban J connectivity index is 3.20. The van der Waals surface area contributed by atoms with Gasteiger partial charge >= 0.3 is 5.97 Å². The van der Waals surface area contributed by atoms with Crippen LogP contribution >= 0.6 is 0 Å². The van der Waals surface area contributed by atoms with Gasteiger partial charge in [0.1, 0.15) is 17.0 Å². The Kier molecular flexibility index (Phi) is 5.01. The van der Waals surface area contributed by atoms with E-state index in [0.29, 0.717) is 12.8 Å². The lowest BCUT2D eigenvalue weighted by molar-refractivity contribution is -0.384. The minimum Gasteiger partial charge on any atom is -0.467 e. The molecule has 1 unspecified atom stereocenters. The molecule has 1 atom stereocenters. The summed E-state index contributed by atoms with van der Waals surface area (Å²) in [4.78, 5) is 22.2. The van der Waals surface area contributed by atoms with Crippen LogP contribution < -0.4 is 5.32 Å². The van der Waals surface area contributed by atoms with Crippen LogP contribution in [-0.2, 0) is 9.53 Å². The number of nitro benzene ring substituents is 1. The molecule has 0 fully saturated rings. The minimum absolute atomic E-state index is 0.0450. The zero-order valence-corrected chi connectivity index (χ0v) is 11.6. The van der Waals surface area contributed by atoms with Crippen LogP contribution in [-0.4, -0.2) is 23.5 Å². The number of ether oxygens (including phenoxy) is 1. The first kappa shape index (κ1) is 15.9. The summed E-state index contributed by atoms with van der Waals surface area (Å²) < 4.78 is 18.0. The maximum atomic E-state index is 13.3. The van der Waals surface area contributed by atoms with E-state index in [1.165, 1.54) is 7.11 Å². The van der Waals surface area contributed by atoms with Crippen LogP contribution in [0.25, 0.3) is 0 Å². The summed E-state index contributed by atoms with van der Waals surface area (Å²) in [6.45, 7) is 3.43. The third-order valence-electron chi connectivity index (χ3n) is 2.95. The Labute approximate surface area is 116 Å². The number of esters is 1. The van der Waals surface area contributed by atoms with Crippen molar-refractivity contribution in [3.63, 3.8) is 0 Å². The Morgan fingerprint density at radius 2 is 2.20 bits per heavy atom. The molecule has 0 saturated carbocycles. The van der Waals surface area contributed by atoms with E-state index in [1.807, 2.05) is 6.92 Å². The van der Waals surface area contributed by atoms with Crippen LogP contribution in [0.5, 0.6) is 0 Å². The summed E-state index contributed by atoms with van der Waals surface area (Å²) in [6, 6.07) is 3.05. The van der Waals surface area contributed by atoms with E-state index in [2.05, 4.69) is 5.32 Å². The number of halogens is 1. The fourth-order valence-corrected chi connectivity index (χ4v) is 2.01. The minimum atomic E-state index is -1.15. The zero-order valence-electron chi connectivity index (χ0n) is 11.6. The molecule has 7 heteroatoms. The van der Waals surface area contributed by atoms with Gasteiger partial charge in [0.25, 0.3) is 5.69 Å². The molecule has 1 aromatic rings. The molecule has 0 radical (unpaired) electrons. The van der Waals surface area contributed by atoms with Gasteiger partial charge in [-0.15, -0.1) is 0 Å². The van der Waals surface area contributed by atoms with Crippen LogP contribution in [0, 0.1) is 15.9 Å². The summed E-state index contributed by atoms with van der Waals surface area (Å²) in [5.74, 6) is -1.18. The van der Waals surface area contributed by atoms with Crippen LogP contribution in [0.4, 0.5) is 15.8 Å². The molecule has 0 aromatic heterocycles. The fraction of sp³-hybridized carbons (Fsp3) is 0.462. The molecule has 0 saturated heterocycles. The SMILES string of the molecule is CCCC(C)(Nc1cc(F)ccc1[N+](=O)[O-])C(=O)OC. The number of nitrogens with zero attached hydrogens (tertiary/aromatic N) is 1. The first-order valence-electron chi connectivity index (χ1n) is 6.14. The molecule has 110 valence electrons. The quantitative estimate of drug-likeness (QED) is 0.493. The monoisotopic (exact) mass is 284 g/mol. The van der Waals surface area contributed by atoms with Crippen molar-refractivity contribution in [1.82, 2.24) is 0 Å². The van der Waals surface area contributed by atoms with E-state index in [9.17, 15) is 19.3 Å². The van der Waals surface area contributed by atoms with Gasteiger partial charge < -0.3 is 10.1 Å². The topological polar surface area (TPSA) is 81.5 Å². The lowest BCUT2D eigenvalue weighted by Crippen LogP contribution is -2.44. The third-order valence-corrected chi connectivity index (χ3v) is 2.95. The number of nitrogens with one attached hydrogen (secondary N) is 1. The van der Waals surface area contributed by atoms with Crippen LogP contribution in [0.15, 0.2) is 18.2 Å². The van der Waals surface area contributed by atoms with Crippen molar-refractivity contribution in [2.75, 3.05) is 12.4 Å². The maximum Gasteiger partial charge on any atom is 0.331 e. The molecule has 0 heterocycles. The van der Waals surface area contributed by atoms with Crippen LogP contribution in [0.1, 0.15) is 26.7 Å². The average Bonchev–Trinajstić information content (AvgIpc) is 2.37. The molecule has 0 aliphatic rings. The second kappa shape index (κ2) is 6.31. The molecule has 20 heavy (non-hydrogen) atoms. The highest BCUT2D eigenvalue weighted by molar-refractivity contribution is 5.85. The van der Waals surface area contributed by atoms with Crippen molar-refractivity contribution >= 4 is 17.3 Å². The van der Waals surface area contributed by atoms with E-state index in [0.717, 1.165) is 18.2 Å². The van der Waals surface area contributed by atoms with Crippen molar-refractivity contribution in [3.8, 4) is 0 Å². The highest BCUT2D eigenvalue weighted by atomic mass is 19.1. The van der Waals surface area contributed by atoms with E-state index in [4.69, 9.17) is 4.74 Å². The molecule has 0 amide bonds. The lowest BCUT2D eigenvalue weighted by atomic mass is 9.95. The predicted molar refractivity (Wildman–Crippen MR) is 72.0 cm³/mol. The second-order valence-corrected chi connectivity index (χ2v) is 4.62. The molecule has 0 aliphatic heterocycles. The number of methoxy groups -OCH3 is 1. The van der Waals surface area contributed by atoms with Crippen molar-refractivity contribution in [3.05, 3.63) is 34.1 Å². The van der Waals surface area contributed by atoms with Crippen molar-refractivity contribution < 1.29 is 18.8 Å². The Morgan fingerprint density at radius 1 is 1.55 bits per heavy atom. The normalized spacial score (nSPS) is 13.4. The molecule has 1 rings (SSSR count). The van der Waals surface area contributed by atoms with E-state index in [-0.39, 0.29) is 11.4 Å². The number of carbonyl (C=O) groups is 1. The summed E-state index contributed by atoms with van der Waals surface area (Å²) in [7, 11) is 1.23. The van der Waals surface area contributed by atoms with E-state index < -0.39 is 22.2 Å². The Morgan fingerprint density at radius 3 is 2.70 bits per heavy atom. The van der Waals surface area contributed by atoms with Gasteiger partial charge in [-0.2, -0.15) is 0 Å². The van der Waals surface area contributed by atoms with Gasteiger partial charge in [0.05, 0.1) is 12.0 Å². The molecule has 1 N–H and O–H groups in total. The number of benzene rings is 1. The highest BCUT2D eigenvalue weighted by Crippen LogP contribution is 2.30. The molecule has 6 nitrogen and oxygen atoms in total. The molecule has 0 bridgehead atoms. The lowest BCUT2D eigenvalue weighted by Gasteiger charge is -2.28. The summed E-state index contributed by atoms with van der Waals surface area (Å²) >= 11 is 0. The molecule has 1 aromatic carbocycles. The van der Waals surface area contributed by atoms with Gasteiger partial charge in [0.2, 0.25) is 0 Å². The first-order valence-corrected chi connectivity index (χ1v) is 6.14. The summed E-state index contributed by atoms with van der Waals surface area (Å²) in [6.07, 6.45) is 1.05. The highest BCUT2D eigenvalue weighted by Gasteiger charge is 2.35. The number of nitro groups is 1. The maximum absolute atomic E-state index is 13.3. The van der Waals surface area contributed by atoms with Gasteiger partial charge in [-0.05, 0) is 19.4 Å². The molecular weight excluding hydrogens is 267 g/mol. The molecular formula is C13H17FN2O4. The predicted octanol–water partition coefficient (Wildman–Crippen LogP) is 2.88. The van der Waals surface area contributed by atoms with Crippen LogP contribution in [0.2, 0.25) is 0 Å². The van der Waals surface area contributed by atoms with Gasteiger partial charge in [-0.3, -0.25) is 10.1 Å². The average molecular weight is 284 g/mol. The number of rotatable bonds is 6. The fourth-order valence-electron chi connectivity index (χ4n) is 2.01.